The summed E-state index contributed by atoms with van der Waals surface area (Å²) in [6, 6.07) is 13.0. The Kier molecular flexibility index (Phi) is 5.65. The molecular weight excluding hydrogens is 290 g/mol. The first-order chi connectivity index (χ1) is 10.0. The Morgan fingerprint density at radius 2 is 1.86 bits per heavy atom. The second kappa shape index (κ2) is 7.28. The summed E-state index contributed by atoms with van der Waals surface area (Å²) in [5, 5.41) is 2.55. The maximum Gasteiger partial charge on any atom is 0.114 e. The van der Waals surface area contributed by atoms with Gasteiger partial charge in [0.15, 0.2) is 0 Å². The summed E-state index contributed by atoms with van der Waals surface area (Å²) in [4.78, 5) is 6.17. The van der Waals surface area contributed by atoms with Gasteiger partial charge in [0.2, 0.25) is 0 Å². The number of unbranched alkanes of at least 4 members (excludes halogenated alkanes) is 2. The smallest absolute Gasteiger partial charge is 0.114 e. The zero-order chi connectivity index (χ0) is 15.3. The Bertz CT molecular complexity index is 629. The Morgan fingerprint density at radius 1 is 1.10 bits per heavy atom. The van der Waals surface area contributed by atoms with E-state index in [0.29, 0.717) is 0 Å². The summed E-state index contributed by atoms with van der Waals surface area (Å²) < 4.78 is 0. The van der Waals surface area contributed by atoms with E-state index in [0.717, 1.165) is 12.1 Å². The van der Waals surface area contributed by atoms with Gasteiger partial charge in [-0.2, -0.15) is 0 Å². The second-order valence-corrected chi connectivity index (χ2v) is 15.5. The van der Waals surface area contributed by atoms with E-state index in [-0.39, 0.29) is 0 Å². The summed E-state index contributed by atoms with van der Waals surface area (Å²) in [5.74, 6) is 0. The Balaban J connectivity index is 2.44. The van der Waals surface area contributed by atoms with Crippen molar-refractivity contribution < 1.29 is 0 Å². The highest BCUT2D eigenvalue weighted by molar-refractivity contribution is 8.28. The SMILES string of the molecule is CCCCC=Nc1c(S[Si](C)(C)C)ccc2ccccc12. The number of hydrogen-bond donors (Lipinski definition) is 0. The highest BCUT2D eigenvalue weighted by atomic mass is 32.4. The van der Waals surface area contributed by atoms with Gasteiger partial charge in [-0.05, 0) is 24.3 Å². The zero-order valence-electron chi connectivity index (χ0n) is 13.5. The third-order valence-electron chi connectivity index (χ3n) is 3.19. The van der Waals surface area contributed by atoms with Crippen molar-refractivity contribution in [3.05, 3.63) is 36.4 Å². The van der Waals surface area contributed by atoms with E-state index in [9.17, 15) is 0 Å². The van der Waals surface area contributed by atoms with E-state index in [2.05, 4.69) is 69.2 Å². The van der Waals surface area contributed by atoms with E-state index in [1.807, 2.05) is 11.2 Å². The van der Waals surface area contributed by atoms with Crippen molar-refractivity contribution in [1.29, 1.82) is 0 Å². The molecule has 0 N–H and O–H groups in total. The molecule has 0 saturated heterocycles. The van der Waals surface area contributed by atoms with Gasteiger partial charge in [-0.25, -0.2) is 0 Å². The quantitative estimate of drug-likeness (QED) is 0.330. The van der Waals surface area contributed by atoms with Gasteiger partial charge in [-0.3, -0.25) is 4.99 Å². The normalized spacial score (nSPS) is 12.4. The monoisotopic (exact) mass is 315 g/mol. The molecule has 3 heteroatoms. The number of rotatable bonds is 6. The fraction of sp³-hybridized carbons (Fsp3) is 0.389. The molecule has 2 rings (SSSR count). The molecule has 1 nitrogen and oxygen atoms in total. The van der Waals surface area contributed by atoms with Crippen LogP contribution in [0.25, 0.3) is 10.8 Å². The number of benzene rings is 2. The molecule has 0 spiro atoms. The van der Waals surface area contributed by atoms with Crippen LogP contribution < -0.4 is 0 Å². The van der Waals surface area contributed by atoms with Crippen LogP contribution in [0.15, 0.2) is 46.3 Å². The Hall–Kier alpha value is -1.06. The lowest BCUT2D eigenvalue weighted by atomic mass is 10.1. The predicted octanol–water partition coefficient (Wildman–Crippen LogP) is 6.66. The summed E-state index contributed by atoms with van der Waals surface area (Å²) in [6.07, 6.45) is 5.60. The van der Waals surface area contributed by atoms with Crippen LogP contribution in [0.4, 0.5) is 5.69 Å². The third-order valence-corrected chi connectivity index (χ3v) is 6.85. The summed E-state index contributed by atoms with van der Waals surface area (Å²) >= 11 is 2.03. The molecule has 2 aromatic rings. The van der Waals surface area contributed by atoms with E-state index >= 15 is 0 Å². The van der Waals surface area contributed by atoms with E-state index in [4.69, 9.17) is 4.99 Å². The largest absolute Gasteiger partial charge is 0.259 e. The summed E-state index contributed by atoms with van der Waals surface area (Å²) in [5.41, 5.74) is 1.16. The van der Waals surface area contributed by atoms with Gasteiger partial charge >= 0.3 is 0 Å². The van der Waals surface area contributed by atoms with Gasteiger partial charge in [0.1, 0.15) is 7.22 Å². The van der Waals surface area contributed by atoms with Crippen molar-refractivity contribution >= 4 is 41.1 Å². The molecule has 0 aliphatic carbocycles. The minimum Gasteiger partial charge on any atom is -0.259 e. The van der Waals surface area contributed by atoms with Crippen molar-refractivity contribution in [2.45, 2.75) is 50.7 Å². The zero-order valence-corrected chi connectivity index (χ0v) is 15.3. The number of aliphatic imine (C=N–C) groups is 1. The standard InChI is InChI=1S/C18H25NSSi/c1-5-6-9-14-19-18-16-11-8-7-10-15(16)12-13-17(18)20-21(2,3)4/h7-8,10-14H,5-6,9H2,1-4H3. The van der Waals surface area contributed by atoms with Crippen molar-refractivity contribution in [1.82, 2.24) is 0 Å². The molecule has 21 heavy (non-hydrogen) atoms. The fourth-order valence-corrected chi connectivity index (χ4v) is 5.76. The molecule has 0 atom stereocenters. The topological polar surface area (TPSA) is 12.4 Å². The average Bonchev–Trinajstić information content (AvgIpc) is 2.43. The molecule has 0 unspecified atom stereocenters. The molecule has 0 heterocycles. The summed E-state index contributed by atoms with van der Waals surface area (Å²) in [6.45, 7) is 9.38. The highest BCUT2D eigenvalue weighted by Gasteiger charge is 2.18. The predicted molar refractivity (Wildman–Crippen MR) is 101 cm³/mol. The molecule has 112 valence electrons. The molecule has 2 aromatic carbocycles. The highest BCUT2D eigenvalue weighted by Crippen LogP contribution is 2.40. The van der Waals surface area contributed by atoms with Crippen LogP contribution in [-0.2, 0) is 0 Å². The molecule has 0 aromatic heterocycles. The lowest BCUT2D eigenvalue weighted by Crippen LogP contribution is -2.13. The number of fused-ring (bicyclic) bond motifs is 1. The van der Waals surface area contributed by atoms with Crippen LogP contribution in [0.2, 0.25) is 19.6 Å². The van der Waals surface area contributed by atoms with E-state index < -0.39 is 7.22 Å². The van der Waals surface area contributed by atoms with Crippen LogP contribution in [0.3, 0.4) is 0 Å². The maximum atomic E-state index is 4.83. The third kappa shape index (κ3) is 4.72. The molecule has 0 bridgehead atoms. The molecule has 0 radical (unpaired) electrons. The van der Waals surface area contributed by atoms with Gasteiger partial charge in [0.05, 0.1) is 5.69 Å². The second-order valence-electron chi connectivity index (χ2n) is 6.30. The maximum absolute atomic E-state index is 4.83. The minimum absolute atomic E-state index is 1.07. The van der Waals surface area contributed by atoms with Crippen LogP contribution in [-0.4, -0.2) is 13.4 Å². The van der Waals surface area contributed by atoms with E-state index in [1.165, 1.54) is 28.5 Å². The van der Waals surface area contributed by atoms with Crippen LogP contribution >= 0.6 is 11.2 Å². The number of hydrogen-bond acceptors (Lipinski definition) is 2. The molecule has 0 amide bonds. The van der Waals surface area contributed by atoms with Crippen molar-refractivity contribution in [2.75, 3.05) is 0 Å². The first-order valence-corrected chi connectivity index (χ1v) is 12.8. The lowest BCUT2D eigenvalue weighted by Gasteiger charge is -2.17. The van der Waals surface area contributed by atoms with Gasteiger partial charge < -0.3 is 0 Å². The van der Waals surface area contributed by atoms with Crippen molar-refractivity contribution in [2.24, 2.45) is 4.99 Å². The first kappa shape index (κ1) is 16.3. The van der Waals surface area contributed by atoms with Crippen LogP contribution in [0.5, 0.6) is 0 Å². The molecule has 0 fully saturated rings. The summed E-state index contributed by atoms with van der Waals surface area (Å²) in [7, 11) is -1.23. The lowest BCUT2D eigenvalue weighted by molar-refractivity contribution is 0.842. The van der Waals surface area contributed by atoms with Gasteiger partial charge in [-0.15, -0.1) is 11.2 Å². The minimum atomic E-state index is -1.23. The van der Waals surface area contributed by atoms with Crippen molar-refractivity contribution in [3.8, 4) is 0 Å². The van der Waals surface area contributed by atoms with Crippen LogP contribution in [0, 0.1) is 0 Å². The van der Waals surface area contributed by atoms with Gasteiger partial charge in [-0.1, -0.05) is 63.3 Å². The van der Waals surface area contributed by atoms with Gasteiger partial charge in [0.25, 0.3) is 0 Å². The number of nitrogens with zero attached hydrogens (tertiary/aromatic N) is 1. The first-order valence-electron chi connectivity index (χ1n) is 7.74. The fourth-order valence-electron chi connectivity index (χ4n) is 2.23. The van der Waals surface area contributed by atoms with Gasteiger partial charge in [0, 0.05) is 16.5 Å². The van der Waals surface area contributed by atoms with Crippen LogP contribution in [0.1, 0.15) is 26.2 Å². The van der Waals surface area contributed by atoms with Crippen molar-refractivity contribution in [3.63, 3.8) is 0 Å². The molecule has 0 saturated carbocycles. The van der Waals surface area contributed by atoms with E-state index in [1.54, 1.807) is 0 Å². The molecule has 0 aliphatic heterocycles. The molecule has 0 aliphatic rings. The molecular formula is C18H25NSSi. The Morgan fingerprint density at radius 3 is 2.57 bits per heavy atom. The Labute approximate surface area is 133 Å². The average molecular weight is 316 g/mol.